The fraction of sp³-hybridized carbons (Fsp3) is 0.550. The van der Waals surface area contributed by atoms with Crippen LogP contribution in [0.25, 0.3) is 10.9 Å². The van der Waals surface area contributed by atoms with Crippen molar-refractivity contribution in [2.24, 2.45) is 4.99 Å². The Morgan fingerprint density at radius 2 is 2.03 bits per heavy atom. The third-order valence-electron chi connectivity index (χ3n) is 5.05. The van der Waals surface area contributed by atoms with Gasteiger partial charge in [0.25, 0.3) is 0 Å². The number of aromatic nitrogens is 1. The molecular formula is C20H32IN5O3S. The van der Waals surface area contributed by atoms with E-state index in [2.05, 4.69) is 37.5 Å². The molecule has 3 rings (SSSR count). The number of benzene rings is 1. The Hall–Kier alpha value is -1.37. The normalized spacial score (nSPS) is 17.5. The number of hydrogen-bond acceptors (Lipinski definition) is 4. The average Bonchev–Trinajstić information content (AvgIpc) is 3.15. The molecule has 2 aromatic rings. The monoisotopic (exact) mass is 549 g/mol. The number of nitrogens with one attached hydrogen (secondary N) is 4. The second-order valence-electron chi connectivity index (χ2n) is 7.19. The van der Waals surface area contributed by atoms with Gasteiger partial charge >= 0.3 is 0 Å². The van der Waals surface area contributed by atoms with Gasteiger partial charge in [-0.05, 0) is 37.3 Å². The molecule has 168 valence electrons. The summed E-state index contributed by atoms with van der Waals surface area (Å²) in [5.41, 5.74) is 2.36. The maximum Gasteiger partial charge on any atom is 0.213 e. The van der Waals surface area contributed by atoms with Gasteiger partial charge in [0.15, 0.2) is 5.96 Å². The van der Waals surface area contributed by atoms with Crippen LogP contribution in [0.4, 0.5) is 0 Å². The Kier molecular flexibility index (Phi) is 10.4. The van der Waals surface area contributed by atoms with Crippen LogP contribution in [0.15, 0.2) is 35.5 Å². The smallest absolute Gasteiger partial charge is 0.213 e. The first-order valence-electron chi connectivity index (χ1n) is 10.2. The Balaban J connectivity index is 0.00000320. The minimum atomic E-state index is -3.34. The maximum atomic E-state index is 12.2. The van der Waals surface area contributed by atoms with Crippen LogP contribution >= 0.6 is 24.0 Å². The first-order chi connectivity index (χ1) is 14.1. The minimum Gasteiger partial charge on any atom is -0.377 e. The van der Waals surface area contributed by atoms with Gasteiger partial charge < -0.3 is 20.4 Å². The number of ether oxygens (including phenoxy) is 1. The molecule has 0 saturated carbocycles. The molecular weight excluding hydrogens is 517 g/mol. The zero-order valence-corrected chi connectivity index (χ0v) is 20.5. The van der Waals surface area contributed by atoms with Crippen molar-refractivity contribution in [2.75, 3.05) is 39.0 Å². The molecule has 8 nitrogen and oxygen atoms in total. The number of aromatic amines is 1. The van der Waals surface area contributed by atoms with E-state index in [0.29, 0.717) is 25.7 Å². The van der Waals surface area contributed by atoms with Gasteiger partial charge in [0.2, 0.25) is 10.0 Å². The van der Waals surface area contributed by atoms with Crippen molar-refractivity contribution in [3.63, 3.8) is 0 Å². The van der Waals surface area contributed by atoms with Crippen molar-refractivity contribution in [3.05, 3.63) is 36.0 Å². The lowest BCUT2D eigenvalue weighted by atomic mass is 10.1. The molecule has 0 aliphatic carbocycles. The summed E-state index contributed by atoms with van der Waals surface area (Å²) in [5.74, 6) is 0.582. The highest BCUT2D eigenvalue weighted by Gasteiger charge is 2.17. The van der Waals surface area contributed by atoms with Crippen LogP contribution in [0.5, 0.6) is 0 Å². The van der Waals surface area contributed by atoms with E-state index >= 15 is 0 Å². The summed E-state index contributed by atoms with van der Waals surface area (Å²) in [5, 5.41) is 7.51. The third kappa shape index (κ3) is 7.71. The van der Waals surface area contributed by atoms with E-state index in [9.17, 15) is 8.42 Å². The van der Waals surface area contributed by atoms with Crippen LogP contribution in [-0.4, -0.2) is 64.5 Å². The van der Waals surface area contributed by atoms with E-state index in [1.165, 1.54) is 10.9 Å². The predicted octanol–water partition coefficient (Wildman–Crippen LogP) is 1.98. The number of hydrogen-bond donors (Lipinski definition) is 4. The second-order valence-corrected chi connectivity index (χ2v) is 9.12. The van der Waals surface area contributed by atoms with E-state index in [4.69, 9.17) is 4.74 Å². The molecule has 1 aliphatic heterocycles. The Morgan fingerprint density at radius 1 is 1.23 bits per heavy atom. The van der Waals surface area contributed by atoms with Gasteiger partial charge in [-0.25, -0.2) is 13.1 Å². The van der Waals surface area contributed by atoms with Gasteiger partial charge in [0.05, 0.1) is 11.9 Å². The van der Waals surface area contributed by atoms with Crippen LogP contribution in [0.2, 0.25) is 0 Å². The Morgan fingerprint density at radius 3 is 2.80 bits per heavy atom. The molecule has 2 heterocycles. The first-order valence-corrected chi connectivity index (χ1v) is 11.8. The van der Waals surface area contributed by atoms with Crippen LogP contribution in [0.1, 0.15) is 24.8 Å². The molecule has 1 saturated heterocycles. The summed E-state index contributed by atoms with van der Waals surface area (Å²) >= 11 is 0. The average molecular weight is 549 g/mol. The molecule has 0 amide bonds. The molecule has 0 radical (unpaired) electrons. The minimum absolute atomic E-state index is 0. The SMILES string of the molecule is CN=C(NCCc1c[nH]c2ccccc12)NCCS(=O)(=O)NCC1CCCCO1.I. The molecule has 1 aromatic carbocycles. The molecule has 0 bridgehead atoms. The number of aliphatic imine (C=N–C) groups is 1. The van der Waals surface area contributed by atoms with Crippen molar-refractivity contribution in [1.29, 1.82) is 0 Å². The maximum absolute atomic E-state index is 12.2. The molecule has 1 aromatic heterocycles. The van der Waals surface area contributed by atoms with Crippen LogP contribution in [0, 0.1) is 0 Å². The summed E-state index contributed by atoms with van der Waals surface area (Å²) in [7, 11) is -1.67. The van der Waals surface area contributed by atoms with Crippen LogP contribution in [-0.2, 0) is 21.2 Å². The number of halogens is 1. The number of fused-ring (bicyclic) bond motifs is 1. The lowest BCUT2D eigenvalue weighted by molar-refractivity contribution is 0.0200. The lowest BCUT2D eigenvalue weighted by Gasteiger charge is -2.22. The van der Waals surface area contributed by atoms with E-state index in [1.807, 2.05) is 18.3 Å². The summed E-state index contributed by atoms with van der Waals surface area (Å²) < 4.78 is 32.5. The van der Waals surface area contributed by atoms with E-state index in [1.54, 1.807) is 7.05 Å². The summed E-state index contributed by atoms with van der Waals surface area (Å²) in [6.45, 7) is 2.05. The van der Waals surface area contributed by atoms with Crippen molar-refractivity contribution < 1.29 is 13.2 Å². The molecule has 1 unspecified atom stereocenters. The Labute approximate surface area is 195 Å². The number of sulfonamides is 1. The fourth-order valence-electron chi connectivity index (χ4n) is 3.44. The topological polar surface area (TPSA) is 108 Å². The number of para-hydroxylation sites is 1. The standard InChI is InChI=1S/C20H31N5O3S.HI/c1-21-20(22-10-9-16-14-24-19-8-3-2-7-18(16)19)23-11-13-29(26,27)25-15-17-6-4-5-12-28-17;/h2-3,7-8,14,17,24-25H,4-6,9-13,15H2,1H3,(H2,21,22,23);1H. The molecule has 1 atom stereocenters. The summed E-state index contributed by atoms with van der Waals surface area (Å²) in [6.07, 6.45) is 5.91. The van der Waals surface area contributed by atoms with Crippen molar-refractivity contribution in [1.82, 2.24) is 20.3 Å². The fourth-order valence-corrected chi connectivity index (χ4v) is 4.39. The zero-order chi connectivity index (χ0) is 20.5. The van der Waals surface area contributed by atoms with Crippen molar-refractivity contribution in [3.8, 4) is 0 Å². The van der Waals surface area contributed by atoms with Gasteiger partial charge in [-0.2, -0.15) is 0 Å². The van der Waals surface area contributed by atoms with E-state index in [-0.39, 0.29) is 42.4 Å². The second kappa shape index (κ2) is 12.5. The number of nitrogens with zero attached hydrogens (tertiary/aromatic N) is 1. The number of guanidine groups is 1. The van der Waals surface area contributed by atoms with Gasteiger partial charge in [-0.3, -0.25) is 4.99 Å². The molecule has 30 heavy (non-hydrogen) atoms. The highest BCUT2D eigenvalue weighted by Crippen LogP contribution is 2.17. The predicted molar refractivity (Wildman–Crippen MR) is 132 cm³/mol. The third-order valence-corrected chi connectivity index (χ3v) is 6.40. The summed E-state index contributed by atoms with van der Waals surface area (Å²) in [6, 6.07) is 8.20. The van der Waals surface area contributed by atoms with Crippen LogP contribution in [0.3, 0.4) is 0 Å². The molecule has 0 spiro atoms. The lowest BCUT2D eigenvalue weighted by Crippen LogP contribution is -2.43. The Bertz CT molecular complexity index is 910. The van der Waals surface area contributed by atoms with E-state index in [0.717, 1.165) is 31.2 Å². The number of H-pyrrole nitrogens is 1. The van der Waals surface area contributed by atoms with Gasteiger partial charge in [0.1, 0.15) is 0 Å². The molecule has 1 fully saturated rings. The number of rotatable bonds is 9. The quantitative estimate of drug-likeness (QED) is 0.218. The van der Waals surface area contributed by atoms with Gasteiger partial charge in [-0.15, -0.1) is 24.0 Å². The largest absolute Gasteiger partial charge is 0.377 e. The van der Waals surface area contributed by atoms with Crippen molar-refractivity contribution >= 4 is 50.9 Å². The first kappa shape index (κ1) is 24.9. The highest BCUT2D eigenvalue weighted by atomic mass is 127. The molecule has 10 heteroatoms. The van der Waals surface area contributed by atoms with E-state index < -0.39 is 10.0 Å². The van der Waals surface area contributed by atoms with Crippen molar-refractivity contribution in [2.45, 2.75) is 31.8 Å². The van der Waals surface area contributed by atoms with Gasteiger partial charge in [0, 0.05) is 50.4 Å². The highest BCUT2D eigenvalue weighted by molar-refractivity contribution is 14.0. The van der Waals surface area contributed by atoms with Crippen LogP contribution < -0.4 is 15.4 Å². The molecule has 4 N–H and O–H groups in total. The van der Waals surface area contributed by atoms with Gasteiger partial charge in [-0.1, -0.05) is 18.2 Å². The molecule has 1 aliphatic rings. The summed E-state index contributed by atoms with van der Waals surface area (Å²) in [4.78, 5) is 7.43. The zero-order valence-electron chi connectivity index (χ0n) is 17.3.